The summed E-state index contributed by atoms with van der Waals surface area (Å²) < 4.78 is 11.5. The first kappa shape index (κ1) is 19.0. The van der Waals surface area contributed by atoms with Crippen molar-refractivity contribution in [3.05, 3.63) is 68.3 Å². The molecule has 0 aliphatic heterocycles. The SMILES string of the molecule is CCc1nc2ccccc2c(=O)n1N=Cc1cc(OC)c(OC)cc1[N+](=O)[O-]. The van der Waals surface area contributed by atoms with Gasteiger partial charge in [0.25, 0.3) is 11.2 Å². The molecule has 9 nitrogen and oxygen atoms in total. The van der Waals surface area contributed by atoms with Crippen LogP contribution in [0.2, 0.25) is 0 Å². The van der Waals surface area contributed by atoms with Crippen LogP contribution in [-0.2, 0) is 6.42 Å². The standard InChI is InChI=1S/C19H18N4O5/c1-4-18-21-14-8-6-5-7-13(14)19(24)22(18)20-11-12-9-16(27-2)17(28-3)10-15(12)23(25)26/h5-11H,4H2,1-3H3. The summed E-state index contributed by atoms with van der Waals surface area (Å²) in [5, 5.41) is 16.0. The van der Waals surface area contributed by atoms with E-state index in [0.29, 0.717) is 28.9 Å². The molecular weight excluding hydrogens is 364 g/mol. The van der Waals surface area contributed by atoms with E-state index in [0.717, 1.165) is 4.68 Å². The van der Waals surface area contributed by atoms with Crippen molar-refractivity contribution in [2.45, 2.75) is 13.3 Å². The number of para-hydroxylation sites is 1. The van der Waals surface area contributed by atoms with Crippen LogP contribution in [0.1, 0.15) is 18.3 Å². The maximum Gasteiger partial charge on any atom is 0.282 e. The molecule has 0 bridgehead atoms. The molecule has 1 aromatic heterocycles. The molecular formula is C19H18N4O5. The number of fused-ring (bicyclic) bond motifs is 1. The number of rotatable bonds is 6. The normalized spacial score (nSPS) is 11.1. The average Bonchev–Trinajstić information content (AvgIpc) is 2.72. The molecule has 0 saturated carbocycles. The van der Waals surface area contributed by atoms with Gasteiger partial charge in [-0.3, -0.25) is 14.9 Å². The van der Waals surface area contributed by atoms with Gasteiger partial charge in [0.1, 0.15) is 5.82 Å². The lowest BCUT2D eigenvalue weighted by Crippen LogP contribution is -2.22. The number of ether oxygens (including phenoxy) is 2. The van der Waals surface area contributed by atoms with Crippen LogP contribution in [0.25, 0.3) is 10.9 Å². The number of nitro benzene ring substituents is 1. The Hall–Kier alpha value is -3.75. The van der Waals surface area contributed by atoms with Crippen LogP contribution in [-0.4, -0.2) is 35.0 Å². The second-order valence-corrected chi connectivity index (χ2v) is 5.78. The van der Waals surface area contributed by atoms with Gasteiger partial charge in [-0.05, 0) is 18.2 Å². The fraction of sp³-hybridized carbons (Fsp3) is 0.211. The first-order valence-electron chi connectivity index (χ1n) is 8.45. The van der Waals surface area contributed by atoms with E-state index in [9.17, 15) is 14.9 Å². The number of hydrogen-bond acceptors (Lipinski definition) is 7. The molecule has 1 heterocycles. The Bertz CT molecular complexity index is 1140. The molecule has 0 spiro atoms. The fourth-order valence-corrected chi connectivity index (χ4v) is 2.78. The highest BCUT2D eigenvalue weighted by Gasteiger charge is 2.19. The third-order valence-corrected chi connectivity index (χ3v) is 4.18. The highest BCUT2D eigenvalue weighted by Crippen LogP contribution is 2.33. The van der Waals surface area contributed by atoms with Gasteiger partial charge in [0.2, 0.25) is 0 Å². The minimum atomic E-state index is -0.550. The van der Waals surface area contributed by atoms with Crippen LogP contribution in [0, 0.1) is 10.1 Å². The Morgan fingerprint density at radius 3 is 2.54 bits per heavy atom. The second kappa shape index (κ2) is 7.87. The van der Waals surface area contributed by atoms with E-state index >= 15 is 0 Å². The van der Waals surface area contributed by atoms with Gasteiger partial charge in [-0.25, -0.2) is 4.98 Å². The minimum Gasteiger partial charge on any atom is -0.493 e. The Balaban J connectivity index is 2.18. The highest BCUT2D eigenvalue weighted by molar-refractivity contribution is 5.87. The van der Waals surface area contributed by atoms with Crippen molar-refractivity contribution in [2.24, 2.45) is 5.10 Å². The fourth-order valence-electron chi connectivity index (χ4n) is 2.78. The van der Waals surface area contributed by atoms with Gasteiger partial charge < -0.3 is 9.47 Å². The lowest BCUT2D eigenvalue weighted by atomic mass is 10.1. The molecule has 0 amide bonds. The Morgan fingerprint density at radius 1 is 1.21 bits per heavy atom. The maximum atomic E-state index is 12.8. The van der Waals surface area contributed by atoms with E-state index in [2.05, 4.69) is 10.1 Å². The number of methoxy groups -OCH3 is 2. The molecule has 2 aromatic carbocycles. The summed E-state index contributed by atoms with van der Waals surface area (Å²) in [6, 6.07) is 9.64. The predicted octanol–water partition coefficient (Wildman–Crippen LogP) is 2.77. The van der Waals surface area contributed by atoms with Crippen LogP contribution >= 0.6 is 0 Å². The van der Waals surface area contributed by atoms with Crippen molar-refractivity contribution in [1.29, 1.82) is 0 Å². The molecule has 9 heteroatoms. The molecule has 0 saturated heterocycles. The summed E-state index contributed by atoms with van der Waals surface area (Å²) in [6.45, 7) is 1.85. The summed E-state index contributed by atoms with van der Waals surface area (Å²) in [4.78, 5) is 28.1. The summed E-state index contributed by atoms with van der Waals surface area (Å²) >= 11 is 0. The quantitative estimate of drug-likeness (QED) is 0.368. The Labute approximate surface area is 160 Å². The second-order valence-electron chi connectivity index (χ2n) is 5.78. The van der Waals surface area contributed by atoms with E-state index in [1.165, 1.54) is 32.6 Å². The molecule has 28 heavy (non-hydrogen) atoms. The first-order chi connectivity index (χ1) is 13.5. The van der Waals surface area contributed by atoms with Gasteiger partial charge in [0.05, 0.1) is 47.9 Å². The number of aryl methyl sites for hydroxylation is 1. The number of nitro groups is 1. The van der Waals surface area contributed by atoms with E-state index in [1.54, 1.807) is 24.3 Å². The van der Waals surface area contributed by atoms with Crippen molar-refractivity contribution in [2.75, 3.05) is 14.2 Å². The molecule has 144 valence electrons. The molecule has 3 aromatic rings. The van der Waals surface area contributed by atoms with Gasteiger partial charge in [0.15, 0.2) is 11.5 Å². The van der Waals surface area contributed by atoms with Gasteiger partial charge in [0, 0.05) is 6.42 Å². The van der Waals surface area contributed by atoms with E-state index < -0.39 is 4.92 Å². The zero-order valence-corrected chi connectivity index (χ0v) is 15.6. The number of nitrogens with zero attached hydrogens (tertiary/aromatic N) is 4. The van der Waals surface area contributed by atoms with Crippen LogP contribution in [0.5, 0.6) is 11.5 Å². The van der Waals surface area contributed by atoms with Gasteiger partial charge in [-0.15, -0.1) is 0 Å². The van der Waals surface area contributed by atoms with Crippen LogP contribution < -0.4 is 15.0 Å². The lowest BCUT2D eigenvalue weighted by Gasteiger charge is -2.09. The molecule has 0 unspecified atom stereocenters. The molecule has 3 rings (SSSR count). The zero-order chi connectivity index (χ0) is 20.3. The highest BCUT2D eigenvalue weighted by atomic mass is 16.6. The summed E-state index contributed by atoms with van der Waals surface area (Å²) in [5.41, 5.74) is 0.181. The largest absolute Gasteiger partial charge is 0.493 e. The monoisotopic (exact) mass is 382 g/mol. The van der Waals surface area contributed by atoms with Gasteiger partial charge in [-0.1, -0.05) is 19.1 Å². The molecule has 0 fully saturated rings. The van der Waals surface area contributed by atoms with Crippen molar-refractivity contribution in [3.63, 3.8) is 0 Å². The molecule has 0 aliphatic carbocycles. The van der Waals surface area contributed by atoms with Crippen LogP contribution in [0.15, 0.2) is 46.3 Å². The average molecular weight is 382 g/mol. The van der Waals surface area contributed by atoms with Crippen LogP contribution in [0.3, 0.4) is 0 Å². The first-order valence-corrected chi connectivity index (χ1v) is 8.45. The third-order valence-electron chi connectivity index (χ3n) is 4.18. The van der Waals surface area contributed by atoms with Crippen molar-refractivity contribution in [1.82, 2.24) is 9.66 Å². The van der Waals surface area contributed by atoms with Gasteiger partial charge >= 0.3 is 0 Å². The Morgan fingerprint density at radius 2 is 1.89 bits per heavy atom. The lowest BCUT2D eigenvalue weighted by molar-refractivity contribution is -0.385. The molecule has 0 aliphatic rings. The van der Waals surface area contributed by atoms with Gasteiger partial charge in [-0.2, -0.15) is 9.78 Å². The smallest absolute Gasteiger partial charge is 0.282 e. The summed E-state index contributed by atoms with van der Waals surface area (Å²) in [5.74, 6) is 0.988. The molecule has 0 N–H and O–H groups in total. The minimum absolute atomic E-state index is 0.171. The summed E-state index contributed by atoms with van der Waals surface area (Å²) in [6.07, 6.45) is 1.71. The predicted molar refractivity (Wildman–Crippen MR) is 105 cm³/mol. The van der Waals surface area contributed by atoms with Crippen LogP contribution in [0.4, 0.5) is 5.69 Å². The molecule has 0 radical (unpaired) electrons. The zero-order valence-electron chi connectivity index (χ0n) is 15.6. The number of benzene rings is 2. The summed E-state index contributed by atoms with van der Waals surface area (Å²) in [7, 11) is 2.82. The molecule has 0 atom stereocenters. The van der Waals surface area contributed by atoms with E-state index in [-0.39, 0.29) is 22.6 Å². The maximum absolute atomic E-state index is 12.8. The van der Waals surface area contributed by atoms with Crippen molar-refractivity contribution >= 4 is 22.8 Å². The van der Waals surface area contributed by atoms with E-state index in [4.69, 9.17) is 9.47 Å². The van der Waals surface area contributed by atoms with Crippen molar-refractivity contribution in [3.8, 4) is 11.5 Å². The number of hydrogen-bond donors (Lipinski definition) is 0. The Kier molecular flexibility index (Phi) is 5.35. The third kappa shape index (κ3) is 3.41. The van der Waals surface area contributed by atoms with Crippen molar-refractivity contribution < 1.29 is 14.4 Å². The topological polar surface area (TPSA) is 109 Å². The number of aromatic nitrogens is 2. The van der Waals surface area contributed by atoms with E-state index in [1.807, 2.05) is 6.92 Å².